The first-order chi connectivity index (χ1) is 15.9. The van der Waals surface area contributed by atoms with Crippen molar-refractivity contribution in [3.8, 4) is 16.9 Å². The van der Waals surface area contributed by atoms with Crippen LogP contribution in [0, 0.1) is 19.7 Å². The van der Waals surface area contributed by atoms with E-state index >= 15 is 0 Å². The predicted molar refractivity (Wildman–Crippen MR) is 131 cm³/mol. The average molecular weight is 444 g/mol. The van der Waals surface area contributed by atoms with Crippen LogP contribution in [0.2, 0.25) is 0 Å². The number of fused-ring (bicyclic) bond motifs is 1. The van der Waals surface area contributed by atoms with Crippen LogP contribution in [0.4, 0.5) is 10.1 Å². The Kier molecular flexibility index (Phi) is 6.31. The van der Waals surface area contributed by atoms with E-state index in [1.165, 1.54) is 17.7 Å². The van der Waals surface area contributed by atoms with Crippen molar-refractivity contribution in [3.05, 3.63) is 89.4 Å². The van der Waals surface area contributed by atoms with Gasteiger partial charge in [0.05, 0.1) is 12.9 Å². The Hall–Kier alpha value is -3.86. The number of carbonyl (C=O) groups excluding carboxylic acids is 1. The minimum atomic E-state index is -0.292. The van der Waals surface area contributed by atoms with Crippen molar-refractivity contribution in [2.75, 3.05) is 11.9 Å². The smallest absolute Gasteiger partial charge is 0.248 e. The summed E-state index contributed by atoms with van der Waals surface area (Å²) in [6.45, 7) is 8.31. The van der Waals surface area contributed by atoms with Crippen molar-refractivity contribution in [2.24, 2.45) is 0 Å². The molecule has 1 aromatic heterocycles. The van der Waals surface area contributed by atoms with Crippen LogP contribution >= 0.6 is 0 Å². The number of carbonyl (C=O) groups is 1. The Morgan fingerprint density at radius 2 is 1.82 bits per heavy atom. The molecular weight excluding hydrogens is 417 g/mol. The van der Waals surface area contributed by atoms with Gasteiger partial charge in [-0.3, -0.25) is 4.79 Å². The number of hydrogen-bond donors (Lipinski definition) is 1. The highest BCUT2D eigenvalue weighted by molar-refractivity contribution is 6.05. The van der Waals surface area contributed by atoms with Gasteiger partial charge in [0.15, 0.2) is 0 Å². The van der Waals surface area contributed by atoms with Crippen molar-refractivity contribution >= 4 is 28.1 Å². The van der Waals surface area contributed by atoms with Gasteiger partial charge in [0.25, 0.3) is 0 Å². The van der Waals surface area contributed by atoms with Gasteiger partial charge in [-0.05, 0) is 80.3 Å². The first-order valence-corrected chi connectivity index (χ1v) is 10.9. The van der Waals surface area contributed by atoms with Crippen LogP contribution < -0.4 is 10.1 Å². The Morgan fingerprint density at radius 1 is 1.06 bits per heavy atom. The molecule has 1 amide bonds. The molecule has 0 spiro atoms. The van der Waals surface area contributed by atoms with Crippen molar-refractivity contribution in [2.45, 2.75) is 27.7 Å². The molecule has 0 saturated heterocycles. The van der Waals surface area contributed by atoms with Crippen LogP contribution in [0.15, 0.2) is 71.4 Å². The van der Waals surface area contributed by atoms with Gasteiger partial charge in [-0.2, -0.15) is 0 Å². The number of halogens is 1. The maximum atomic E-state index is 13.4. The van der Waals surface area contributed by atoms with Gasteiger partial charge >= 0.3 is 0 Å². The number of aryl methyl sites for hydroxylation is 2. The number of nitrogens with one attached hydrogen (secondary N) is 1. The quantitative estimate of drug-likeness (QED) is 0.318. The number of ether oxygens (including phenoxy) is 1. The summed E-state index contributed by atoms with van der Waals surface area (Å²) in [5.41, 5.74) is 6.95. The van der Waals surface area contributed by atoms with E-state index in [0.717, 1.165) is 38.9 Å². The molecule has 33 heavy (non-hydrogen) atoms. The normalized spacial score (nSPS) is 11.6. The number of benzene rings is 3. The van der Waals surface area contributed by atoms with E-state index < -0.39 is 0 Å². The predicted octanol–water partition coefficient (Wildman–Crippen LogP) is 7.30. The molecule has 0 aliphatic heterocycles. The standard InChI is InChI=1S/C28H26FNO3/c1-5-32-26-15-27-24(25(16-33-27)20-7-9-21(29)10-8-20)14-23(26)19(4)13-28(31)30-22-11-6-17(2)18(3)12-22/h6-16H,5H2,1-4H3,(H,30,31)/b19-13+. The van der Waals surface area contributed by atoms with Crippen molar-refractivity contribution < 1.29 is 18.3 Å². The molecule has 4 aromatic rings. The second-order valence-electron chi connectivity index (χ2n) is 8.05. The maximum absolute atomic E-state index is 13.4. The highest BCUT2D eigenvalue weighted by Crippen LogP contribution is 2.37. The molecule has 5 heteroatoms. The second kappa shape index (κ2) is 9.33. The molecular formula is C28H26FNO3. The molecule has 0 saturated carbocycles. The minimum absolute atomic E-state index is 0.218. The highest BCUT2D eigenvalue weighted by atomic mass is 19.1. The molecule has 3 aromatic carbocycles. The summed E-state index contributed by atoms with van der Waals surface area (Å²) in [5.74, 6) is 0.126. The number of allylic oxidation sites excluding steroid dienone is 1. The fraction of sp³-hybridized carbons (Fsp3) is 0.179. The molecule has 0 atom stereocenters. The zero-order chi connectivity index (χ0) is 23.5. The summed E-state index contributed by atoms with van der Waals surface area (Å²) in [6, 6.07) is 15.9. The lowest BCUT2D eigenvalue weighted by Crippen LogP contribution is -2.09. The zero-order valence-electron chi connectivity index (χ0n) is 19.2. The Morgan fingerprint density at radius 3 is 2.52 bits per heavy atom. The summed E-state index contributed by atoms with van der Waals surface area (Å²) in [6.07, 6.45) is 3.22. The largest absolute Gasteiger partial charge is 0.493 e. The van der Waals surface area contributed by atoms with Crippen LogP contribution in [0.1, 0.15) is 30.5 Å². The van der Waals surface area contributed by atoms with Crippen molar-refractivity contribution in [1.29, 1.82) is 0 Å². The van der Waals surface area contributed by atoms with E-state index in [0.29, 0.717) is 17.9 Å². The highest BCUT2D eigenvalue weighted by Gasteiger charge is 2.15. The van der Waals surface area contributed by atoms with Gasteiger partial charge < -0.3 is 14.5 Å². The topological polar surface area (TPSA) is 51.5 Å². The van der Waals surface area contributed by atoms with E-state index in [4.69, 9.17) is 9.15 Å². The third kappa shape index (κ3) is 4.82. The molecule has 0 aliphatic rings. The number of anilines is 1. The molecule has 0 radical (unpaired) electrons. The number of rotatable bonds is 6. The van der Waals surface area contributed by atoms with Gasteiger partial charge in [-0.25, -0.2) is 4.39 Å². The molecule has 4 nitrogen and oxygen atoms in total. The fourth-order valence-electron chi connectivity index (χ4n) is 3.76. The van der Waals surface area contributed by atoms with E-state index in [9.17, 15) is 9.18 Å². The summed E-state index contributed by atoms with van der Waals surface area (Å²) >= 11 is 0. The van der Waals surface area contributed by atoms with Gasteiger partial charge in [0, 0.05) is 34.3 Å². The lowest BCUT2D eigenvalue weighted by atomic mass is 9.99. The minimum Gasteiger partial charge on any atom is -0.493 e. The molecule has 0 bridgehead atoms. The van der Waals surface area contributed by atoms with Crippen LogP contribution in [-0.2, 0) is 4.79 Å². The van der Waals surface area contributed by atoms with E-state index in [2.05, 4.69) is 5.32 Å². The molecule has 1 heterocycles. The van der Waals surface area contributed by atoms with E-state index in [1.807, 2.05) is 58.0 Å². The van der Waals surface area contributed by atoms with Gasteiger partial charge in [0.1, 0.15) is 17.1 Å². The van der Waals surface area contributed by atoms with Gasteiger partial charge in [-0.15, -0.1) is 0 Å². The molecule has 1 N–H and O–H groups in total. The third-order valence-corrected chi connectivity index (χ3v) is 5.68. The van der Waals surface area contributed by atoms with Crippen molar-refractivity contribution in [3.63, 3.8) is 0 Å². The monoisotopic (exact) mass is 443 g/mol. The van der Waals surface area contributed by atoms with Crippen LogP contribution in [0.25, 0.3) is 27.7 Å². The van der Waals surface area contributed by atoms with E-state index in [1.54, 1.807) is 24.5 Å². The van der Waals surface area contributed by atoms with Gasteiger partial charge in [0.2, 0.25) is 5.91 Å². The van der Waals surface area contributed by atoms with Gasteiger partial charge in [-0.1, -0.05) is 18.2 Å². The molecule has 0 aliphatic carbocycles. The first-order valence-electron chi connectivity index (χ1n) is 10.9. The molecule has 0 fully saturated rings. The fourth-order valence-corrected chi connectivity index (χ4v) is 3.76. The molecule has 0 unspecified atom stereocenters. The SMILES string of the molecule is CCOc1cc2occ(-c3ccc(F)cc3)c2cc1/C(C)=C/C(=O)Nc1ccc(C)c(C)c1. The summed E-state index contributed by atoms with van der Waals surface area (Å²) in [7, 11) is 0. The second-order valence-corrected chi connectivity index (χ2v) is 8.05. The summed E-state index contributed by atoms with van der Waals surface area (Å²) in [4.78, 5) is 12.7. The van der Waals surface area contributed by atoms with E-state index in [-0.39, 0.29) is 11.7 Å². The summed E-state index contributed by atoms with van der Waals surface area (Å²) < 4.78 is 25.0. The van der Waals surface area contributed by atoms with Crippen LogP contribution in [-0.4, -0.2) is 12.5 Å². The van der Waals surface area contributed by atoms with Crippen LogP contribution in [0.3, 0.4) is 0 Å². The lowest BCUT2D eigenvalue weighted by Gasteiger charge is -2.12. The Balaban J connectivity index is 1.71. The average Bonchev–Trinajstić information content (AvgIpc) is 3.19. The molecule has 168 valence electrons. The number of furan rings is 1. The van der Waals surface area contributed by atoms with Crippen LogP contribution in [0.5, 0.6) is 5.75 Å². The lowest BCUT2D eigenvalue weighted by molar-refractivity contribution is -0.111. The maximum Gasteiger partial charge on any atom is 0.248 e. The summed E-state index contributed by atoms with van der Waals surface area (Å²) in [5, 5.41) is 3.79. The first kappa shape index (κ1) is 22.3. The number of hydrogen-bond acceptors (Lipinski definition) is 3. The van der Waals surface area contributed by atoms with Crippen molar-refractivity contribution in [1.82, 2.24) is 0 Å². The number of amides is 1. The zero-order valence-corrected chi connectivity index (χ0v) is 19.2. The Labute approximate surface area is 192 Å². The molecule has 4 rings (SSSR count). The Bertz CT molecular complexity index is 1350. The third-order valence-electron chi connectivity index (χ3n) is 5.68.